The van der Waals surface area contributed by atoms with Gasteiger partial charge >= 0.3 is 0 Å². The Balaban J connectivity index is 1.14. The van der Waals surface area contributed by atoms with Gasteiger partial charge in [-0.05, 0) is 104 Å². The second-order valence-corrected chi connectivity index (χ2v) is 14.2. The Morgan fingerprint density at radius 2 is 1.88 bits per heavy atom. The molecule has 5 aliphatic carbocycles. The van der Waals surface area contributed by atoms with Crippen molar-refractivity contribution in [3.05, 3.63) is 88.7 Å². The molecule has 3 aromatic carbocycles. The molecule has 6 atom stereocenters. The van der Waals surface area contributed by atoms with Crippen molar-refractivity contribution in [1.29, 1.82) is 0 Å². The zero-order chi connectivity index (χ0) is 29.0. The van der Waals surface area contributed by atoms with Crippen molar-refractivity contribution in [3.63, 3.8) is 0 Å². The highest BCUT2D eigenvalue weighted by Crippen LogP contribution is 2.78. The fourth-order valence-corrected chi connectivity index (χ4v) is 10.6. The molecule has 224 valence electrons. The first-order valence-corrected chi connectivity index (χ1v) is 16.3. The summed E-state index contributed by atoms with van der Waals surface area (Å²) < 4.78 is 33.4. The number of methoxy groups -OCH3 is 2. The first kappa shape index (κ1) is 26.3. The Bertz CT molecular complexity index is 1590. The number of anilines is 1. The highest BCUT2D eigenvalue weighted by atomic mass is 19.1. The van der Waals surface area contributed by atoms with Crippen molar-refractivity contribution in [1.82, 2.24) is 4.90 Å². The number of hydrogen-bond acceptors (Lipinski definition) is 5. The summed E-state index contributed by atoms with van der Waals surface area (Å²) in [6.07, 6.45) is 8.27. The van der Waals surface area contributed by atoms with Crippen LogP contribution in [-0.4, -0.2) is 50.0 Å². The van der Waals surface area contributed by atoms with Gasteiger partial charge < -0.3 is 19.5 Å². The largest absolute Gasteiger partial charge is 0.493 e. The van der Waals surface area contributed by atoms with E-state index in [0.717, 1.165) is 60.9 Å². The molecule has 2 aliphatic heterocycles. The molecule has 1 N–H and O–H groups in total. The molecular formula is C37H41FN2O3. The van der Waals surface area contributed by atoms with Gasteiger partial charge in [0.05, 0.1) is 7.11 Å². The van der Waals surface area contributed by atoms with Crippen LogP contribution in [0.2, 0.25) is 0 Å². The Labute approximate surface area is 253 Å². The fourth-order valence-electron chi connectivity index (χ4n) is 10.6. The van der Waals surface area contributed by atoms with Crippen LogP contribution in [0.25, 0.3) is 0 Å². The average Bonchev–Trinajstić information content (AvgIpc) is 3.79. The number of rotatable bonds is 8. The van der Waals surface area contributed by atoms with Crippen LogP contribution in [0.1, 0.15) is 66.7 Å². The zero-order valence-electron chi connectivity index (χ0n) is 25.2. The normalized spacial score (nSPS) is 34.9. The number of nitrogens with one attached hydrogen (secondary N) is 1. The molecule has 5 fully saturated rings. The van der Waals surface area contributed by atoms with E-state index < -0.39 is 5.60 Å². The fraction of sp³-hybridized carbons (Fsp3) is 0.514. The highest BCUT2D eigenvalue weighted by Gasteiger charge is 2.80. The van der Waals surface area contributed by atoms with Crippen molar-refractivity contribution in [3.8, 4) is 11.5 Å². The highest BCUT2D eigenvalue weighted by molar-refractivity contribution is 5.64. The third kappa shape index (κ3) is 3.45. The first-order valence-electron chi connectivity index (χ1n) is 16.3. The third-order valence-electron chi connectivity index (χ3n) is 12.6. The molecule has 6 heteroatoms. The van der Waals surface area contributed by atoms with E-state index in [1.807, 2.05) is 19.2 Å². The van der Waals surface area contributed by atoms with Gasteiger partial charge in [-0.2, -0.15) is 0 Å². The standard InChI is InChI=1S/C37H41FN2O3/c1-41-30-13-10-26-19-31-35-14-15-37(42-2,34-36(35,32(26)33(30)43-34)16-17-40(31)22-24-6-7-24)29(20-35)25-4-3-5-28(18-25)39-21-23-8-11-27(38)12-9-23/h3-5,8-13,18,24,29,31,34,39H,6-7,14-17,19-22H2,1-2H3/t29-,31-,34-,35-,36+,37-/m1/s1. The van der Waals surface area contributed by atoms with Gasteiger partial charge in [-0.15, -0.1) is 0 Å². The molecule has 7 aliphatic rings. The van der Waals surface area contributed by atoms with Gasteiger partial charge in [-0.25, -0.2) is 4.39 Å². The SMILES string of the molecule is COc1ccc2c3c1O[C@H]1[C@@]4(OC)CC[C@@]5(C[C@@H]4c4cccc(NCc6ccc(F)cc6)c4)[C@@H](C2)N(CC2CC2)CC[C@]315. The molecule has 0 amide bonds. The number of likely N-dealkylation sites (tertiary alicyclic amines) is 1. The number of benzene rings is 3. The van der Waals surface area contributed by atoms with E-state index in [9.17, 15) is 4.39 Å². The number of fused-ring (bicyclic) bond motifs is 2. The second-order valence-electron chi connectivity index (χ2n) is 14.2. The molecule has 4 saturated carbocycles. The molecule has 2 heterocycles. The van der Waals surface area contributed by atoms with Crippen LogP contribution >= 0.6 is 0 Å². The summed E-state index contributed by atoms with van der Waals surface area (Å²) in [6.45, 7) is 3.04. The predicted octanol–water partition coefficient (Wildman–Crippen LogP) is 6.84. The van der Waals surface area contributed by atoms with Crippen molar-refractivity contribution in [2.75, 3.05) is 32.6 Å². The van der Waals surface area contributed by atoms with E-state index in [1.54, 1.807) is 7.11 Å². The summed E-state index contributed by atoms with van der Waals surface area (Å²) in [6, 6.07) is 20.7. The minimum atomic E-state index is -0.417. The maximum Gasteiger partial charge on any atom is 0.165 e. The first-order chi connectivity index (χ1) is 21.0. The molecular weight excluding hydrogens is 539 g/mol. The number of nitrogens with zero attached hydrogens (tertiary/aromatic N) is 1. The smallest absolute Gasteiger partial charge is 0.165 e. The van der Waals surface area contributed by atoms with Gasteiger partial charge in [0.1, 0.15) is 17.5 Å². The molecule has 43 heavy (non-hydrogen) atoms. The molecule has 0 aromatic heterocycles. The van der Waals surface area contributed by atoms with Crippen LogP contribution in [-0.2, 0) is 23.1 Å². The molecule has 2 spiro atoms. The number of hydrogen-bond donors (Lipinski definition) is 1. The Hall–Kier alpha value is -3.09. The van der Waals surface area contributed by atoms with Gasteiger partial charge in [0, 0.05) is 54.2 Å². The summed E-state index contributed by atoms with van der Waals surface area (Å²) in [5.74, 6) is 2.75. The molecule has 5 nitrogen and oxygen atoms in total. The average molecular weight is 581 g/mol. The van der Waals surface area contributed by atoms with Crippen molar-refractivity contribution < 1.29 is 18.6 Å². The van der Waals surface area contributed by atoms with E-state index in [-0.39, 0.29) is 28.7 Å². The Kier molecular flexibility index (Phi) is 5.64. The molecule has 4 bridgehead atoms. The summed E-state index contributed by atoms with van der Waals surface area (Å²) in [5.41, 5.74) is 6.07. The van der Waals surface area contributed by atoms with Crippen molar-refractivity contribution >= 4 is 5.69 Å². The lowest BCUT2D eigenvalue weighted by Gasteiger charge is -2.74. The predicted molar refractivity (Wildman–Crippen MR) is 164 cm³/mol. The maximum atomic E-state index is 13.5. The van der Waals surface area contributed by atoms with Crippen LogP contribution in [0.15, 0.2) is 60.7 Å². The quantitative estimate of drug-likeness (QED) is 0.316. The topological polar surface area (TPSA) is 43.0 Å². The summed E-state index contributed by atoms with van der Waals surface area (Å²) in [5, 5.41) is 3.60. The van der Waals surface area contributed by atoms with E-state index in [4.69, 9.17) is 14.2 Å². The molecule has 1 saturated heterocycles. The third-order valence-corrected chi connectivity index (χ3v) is 12.6. The minimum Gasteiger partial charge on any atom is -0.493 e. The van der Waals surface area contributed by atoms with E-state index in [0.29, 0.717) is 12.6 Å². The van der Waals surface area contributed by atoms with Crippen molar-refractivity contribution in [2.24, 2.45) is 11.3 Å². The van der Waals surface area contributed by atoms with E-state index in [2.05, 4.69) is 46.6 Å². The number of ether oxygens (including phenoxy) is 3. The number of piperidine rings is 1. The summed E-state index contributed by atoms with van der Waals surface area (Å²) >= 11 is 0. The monoisotopic (exact) mass is 580 g/mol. The molecule has 3 aromatic rings. The lowest BCUT2D eigenvalue weighted by Crippen LogP contribution is -2.80. The van der Waals surface area contributed by atoms with E-state index in [1.165, 1.54) is 54.6 Å². The van der Waals surface area contributed by atoms with Crippen LogP contribution in [0.4, 0.5) is 10.1 Å². The van der Waals surface area contributed by atoms with E-state index >= 15 is 0 Å². The summed E-state index contributed by atoms with van der Waals surface area (Å²) in [7, 11) is 3.69. The molecule has 0 unspecified atom stereocenters. The van der Waals surface area contributed by atoms with Crippen LogP contribution in [0.5, 0.6) is 11.5 Å². The van der Waals surface area contributed by atoms with Gasteiger partial charge in [0.2, 0.25) is 0 Å². The summed E-state index contributed by atoms with van der Waals surface area (Å²) in [4.78, 5) is 2.90. The van der Waals surface area contributed by atoms with Crippen molar-refractivity contribution in [2.45, 2.75) is 80.6 Å². The lowest BCUT2D eigenvalue weighted by molar-refractivity contribution is -0.261. The van der Waals surface area contributed by atoms with Gasteiger partial charge in [-0.3, -0.25) is 4.90 Å². The zero-order valence-corrected chi connectivity index (χ0v) is 25.2. The Morgan fingerprint density at radius 1 is 1.02 bits per heavy atom. The molecule has 0 radical (unpaired) electrons. The van der Waals surface area contributed by atoms with Crippen LogP contribution < -0.4 is 14.8 Å². The minimum absolute atomic E-state index is 0.0377. The van der Waals surface area contributed by atoms with Crippen LogP contribution in [0, 0.1) is 17.2 Å². The maximum absolute atomic E-state index is 13.5. The Morgan fingerprint density at radius 3 is 2.67 bits per heavy atom. The lowest BCUT2D eigenvalue weighted by atomic mass is 9.34. The number of halogens is 1. The van der Waals surface area contributed by atoms with Gasteiger partial charge in [0.15, 0.2) is 11.5 Å². The van der Waals surface area contributed by atoms with Gasteiger partial charge in [0.25, 0.3) is 0 Å². The van der Waals surface area contributed by atoms with Crippen LogP contribution in [0.3, 0.4) is 0 Å². The second kappa shape index (κ2) is 9.21. The molecule has 10 rings (SSSR count). The van der Waals surface area contributed by atoms with Gasteiger partial charge in [-0.1, -0.05) is 30.3 Å².